The van der Waals surface area contributed by atoms with E-state index < -0.39 is 33.7 Å². The largest absolute Gasteiger partial charge is 0.492 e. The maximum atomic E-state index is 12.4. The first-order chi connectivity index (χ1) is 55.7. The molecule has 0 aliphatic carbocycles. The van der Waals surface area contributed by atoms with E-state index in [1.807, 2.05) is 154 Å². The number of aryl methyl sites for hydroxylation is 16. The Labute approximate surface area is 667 Å². The van der Waals surface area contributed by atoms with E-state index in [0.29, 0.717) is 73.5 Å². The van der Waals surface area contributed by atoms with Crippen LogP contribution in [0.4, 0.5) is 17.2 Å². The van der Waals surface area contributed by atoms with Crippen LogP contribution in [-0.4, -0.2) is 114 Å². The van der Waals surface area contributed by atoms with Crippen LogP contribution in [0.1, 0.15) is 91.6 Å². The number of para-hydroxylation sites is 1. The lowest BCUT2D eigenvalue weighted by Crippen LogP contribution is -2.43. The number of aromatic nitrogens is 14. The maximum absolute atomic E-state index is 12.4. The van der Waals surface area contributed by atoms with Gasteiger partial charge in [-0.05, 0) is 256 Å². The molecule has 8 aromatic carbocycles. The third-order valence-electron chi connectivity index (χ3n) is 20.8. The van der Waals surface area contributed by atoms with Crippen LogP contribution in [-0.2, 0) is 38.9 Å². The standard InChI is InChI=1S/C25H29N5O3.2C22H22N4O2.C21H20N4O2/c1-16-14-20-21(15-17(16)2)30(23-22(26-20)24(31)28-25(32)27-23)11-5-6-18-7-9-19(10-8-18)33-13-12-29(3)4;1-13-6-4-7-16(10-13)8-5-9-26-18-12-15(3)14(2)11-17(18)23-19-20(26)24-22(28)25-21(19)27;1-13-6-8-16(9-7-13)5-4-10-26-18-12-15(3)14(2)11-17(18)23-19-20(26)24-22(28)25-21(19)27;1-13-11-17-18(12-14(13)2)25(9-10-27-16-7-5-4-6-8-16)20-19(24-17)21(26)23-15(3)22-20/h7-10,14-15H,5-6,11-13H2,1-4H3,(H,28,31,32);4,6-7,10-12H,5,8-9H2,1-3H3,(H,25,27,28);6-9,11-12H,4-5,10H2,1-3H3,(H,25,27,28);4-8,11-12H,3,9-10H2,1-2H3,(H,23,26). The molecular weight excluding hydrogens is 1460 g/mol. The minimum atomic E-state index is -0.656. The van der Waals surface area contributed by atoms with E-state index in [0.717, 1.165) is 146 Å². The van der Waals surface area contributed by atoms with Crippen molar-refractivity contribution in [2.45, 2.75) is 127 Å². The van der Waals surface area contributed by atoms with E-state index >= 15 is 0 Å². The Balaban J connectivity index is 0.000000135. The summed E-state index contributed by atoms with van der Waals surface area (Å²) in [7, 11) is 4.04. The first kappa shape index (κ1) is 80.6. The quantitative estimate of drug-likeness (QED) is 0.0515. The molecule has 9 aromatic rings. The van der Waals surface area contributed by atoms with Crippen LogP contribution in [0.5, 0.6) is 11.5 Å². The van der Waals surface area contributed by atoms with Crippen molar-refractivity contribution in [2.75, 3.05) is 45.3 Å². The minimum Gasteiger partial charge on any atom is -0.492 e. The van der Waals surface area contributed by atoms with E-state index in [4.69, 9.17) is 9.47 Å². The summed E-state index contributed by atoms with van der Waals surface area (Å²) in [6, 6.07) is 50.8. The molecule has 0 atom stereocenters. The second-order valence-electron chi connectivity index (χ2n) is 29.8. The van der Waals surface area contributed by atoms with Gasteiger partial charge in [-0.1, -0.05) is 96.6 Å². The molecule has 26 nitrogen and oxygen atoms in total. The molecule has 0 saturated carbocycles. The van der Waals surface area contributed by atoms with Gasteiger partial charge in [0.2, 0.25) is 0 Å². The van der Waals surface area contributed by atoms with Gasteiger partial charge in [-0.25, -0.2) is 39.3 Å². The van der Waals surface area contributed by atoms with Gasteiger partial charge < -0.3 is 38.0 Å². The number of nitrogens with one attached hydrogen (secondary N) is 4. The summed E-state index contributed by atoms with van der Waals surface area (Å²) in [6.45, 7) is 28.6. The minimum absolute atomic E-state index is 0.185. The Kier molecular flexibility index (Phi) is 24.5. The van der Waals surface area contributed by atoms with Gasteiger partial charge in [0.15, 0.2) is 45.7 Å². The summed E-state index contributed by atoms with van der Waals surface area (Å²) >= 11 is 0. The fourth-order valence-corrected chi connectivity index (χ4v) is 14.0. The molecule has 16 rings (SSSR count). The SMILES string of the molecule is C=c1nc2c(c(=O)[nH]1)=Nc1cc(C)c(C)cc1N2CCOc1ccccc1.Cc1cc2nc3c(=O)[nH]c(=O)nc-3n(CCCc3ccc(OCCN(C)C)cc3)c2cc1C.Cc1ccc(CCCn2c3nc(=O)[nH]c(=O)c-3nc3cc(C)c(C)cc32)cc1.Cc1cccc(CCCn2c3nc(=O)[nH]c(=O)c-3nc3cc(C)c(C)cc32)c1. The number of hydrogen-bond donors (Lipinski definition) is 4. The highest BCUT2D eigenvalue weighted by Crippen LogP contribution is 2.37. The van der Waals surface area contributed by atoms with Crippen LogP contribution in [0, 0.1) is 69.2 Å². The summed E-state index contributed by atoms with van der Waals surface area (Å²) in [5, 5.41) is 0.304. The van der Waals surface area contributed by atoms with Crippen molar-refractivity contribution >= 4 is 56.9 Å². The molecule has 592 valence electrons. The molecule has 0 saturated heterocycles. The molecule has 0 fully saturated rings. The van der Waals surface area contributed by atoms with Crippen molar-refractivity contribution in [2.24, 2.45) is 4.99 Å². The van der Waals surface area contributed by atoms with Gasteiger partial charge in [-0.15, -0.1) is 0 Å². The van der Waals surface area contributed by atoms with Crippen molar-refractivity contribution in [3.05, 3.63) is 308 Å². The average molecular weight is 1560 g/mol. The molecule has 1 aromatic heterocycles. The molecular formula is C90H93N17O9. The Bertz CT molecular complexity index is 6650. The van der Waals surface area contributed by atoms with Crippen molar-refractivity contribution < 1.29 is 9.47 Å². The molecule has 26 heteroatoms. The number of nitrogens with zero attached hydrogens (tertiary/aromatic N) is 13. The van der Waals surface area contributed by atoms with Gasteiger partial charge in [-0.3, -0.25) is 34.1 Å². The monoisotopic (exact) mass is 1560 g/mol. The van der Waals surface area contributed by atoms with Crippen LogP contribution >= 0.6 is 0 Å². The van der Waals surface area contributed by atoms with Gasteiger partial charge in [-0.2, -0.15) is 15.0 Å². The van der Waals surface area contributed by atoms with Gasteiger partial charge in [0.05, 0.1) is 51.0 Å². The normalized spacial score (nSPS) is 11.6. The zero-order valence-electron chi connectivity index (χ0n) is 67.3. The van der Waals surface area contributed by atoms with Gasteiger partial charge in [0, 0.05) is 26.2 Å². The summed E-state index contributed by atoms with van der Waals surface area (Å²) < 4.78 is 17.5. The summed E-state index contributed by atoms with van der Waals surface area (Å²) in [6.07, 6.45) is 5.18. The third kappa shape index (κ3) is 18.7. The zero-order chi connectivity index (χ0) is 82.2. The number of anilines is 2. The Morgan fingerprint density at radius 2 is 0.810 bits per heavy atom. The first-order valence-electron chi connectivity index (χ1n) is 38.7. The predicted octanol–water partition coefficient (Wildman–Crippen LogP) is 11.3. The molecule has 7 aliphatic heterocycles. The Morgan fingerprint density at radius 1 is 0.388 bits per heavy atom. The fraction of sp³-hybridized carbons (Fsp3) is 0.278. The second-order valence-corrected chi connectivity index (χ2v) is 29.8. The smallest absolute Gasteiger partial charge is 0.349 e. The molecule has 0 amide bonds. The maximum Gasteiger partial charge on any atom is 0.349 e. The molecule has 7 aliphatic rings. The van der Waals surface area contributed by atoms with E-state index in [1.165, 1.54) is 27.8 Å². The topological polar surface area (TPSA) is 325 Å². The average Bonchev–Trinajstić information content (AvgIpc) is 0.773. The number of fused-ring (bicyclic) bond motifs is 8. The predicted molar refractivity (Wildman–Crippen MR) is 455 cm³/mol. The van der Waals surface area contributed by atoms with Crippen molar-refractivity contribution in [1.82, 2.24) is 73.4 Å². The first-order valence-corrected chi connectivity index (χ1v) is 38.7. The Hall–Kier alpha value is -13.5. The number of hydrogen-bond acceptors (Lipinski definition) is 19. The van der Waals surface area contributed by atoms with Crippen LogP contribution in [0.2, 0.25) is 0 Å². The van der Waals surface area contributed by atoms with Crippen molar-refractivity contribution in [1.29, 1.82) is 0 Å². The third-order valence-corrected chi connectivity index (χ3v) is 20.8. The molecule has 0 radical (unpaired) electrons. The number of aromatic amines is 4. The highest BCUT2D eigenvalue weighted by atomic mass is 16.5. The van der Waals surface area contributed by atoms with Gasteiger partial charge >= 0.3 is 17.1 Å². The highest BCUT2D eigenvalue weighted by Gasteiger charge is 2.26. The van der Waals surface area contributed by atoms with Crippen LogP contribution < -0.4 is 64.5 Å². The number of rotatable bonds is 20. The lowest BCUT2D eigenvalue weighted by atomic mass is 10.1. The highest BCUT2D eigenvalue weighted by molar-refractivity contribution is 5.84. The molecule has 0 bridgehead atoms. The van der Waals surface area contributed by atoms with Crippen LogP contribution in [0.3, 0.4) is 0 Å². The summed E-state index contributed by atoms with van der Waals surface area (Å²) in [5.41, 5.74) is 18.8. The number of benzene rings is 8. The second kappa shape index (κ2) is 35.3. The molecule has 4 N–H and O–H groups in total. The summed E-state index contributed by atoms with van der Waals surface area (Å²) in [4.78, 5) is 133. The van der Waals surface area contributed by atoms with Gasteiger partial charge in [0.1, 0.15) is 30.2 Å². The Morgan fingerprint density at radius 3 is 1.28 bits per heavy atom. The number of H-pyrrole nitrogens is 4. The molecule has 116 heavy (non-hydrogen) atoms. The van der Waals surface area contributed by atoms with Crippen molar-refractivity contribution in [3.63, 3.8) is 0 Å². The van der Waals surface area contributed by atoms with E-state index in [9.17, 15) is 33.6 Å². The molecule has 0 spiro atoms. The number of likely N-dealkylation sites (N-methyl/N-ethyl adjacent to an activating group) is 1. The lowest BCUT2D eigenvalue weighted by Gasteiger charge is -2.28. The van der Waals surface area contributed by atoms with Crippen molar-refractivity contribution in [3.8, 4) is 46.1 Å². The zero-order valence-corrected chi connectivity index (χ0v) is 67.3. The molecule has 8 heterocycles. The van der Waals surface area contributed by atoms with E-state index in [-0.39, 0.29) is 22.6 Å². The van der Waals surface area contributed by atoms with E-state index in [2.05, 4.69) is 171 Å². The van der Waals surface area contributed by atoms with Crippen LogP contribution in [0.15, 0.2) is 190 Å². The van der Waals surface area contributed by atoms with E-state index in [1.54, 1.807) is 0 Å². The molecule has 0 unspecified atom stereocenters. The fourth-order valence-electron chi connectivity index (χ4n) is 14.0. The lowest BCUT2D eigenvalue weighted by molar-refractivity contribution is 0.261. The van der Waals surface area contributed by atoms with Gasteiger partial charge in [0.25, 0.3) is 22.2 Å². The number of ether oxygens (including phenoxy) is 2. The van der Waals surface area contributed by atoms with Crippen LogP contribution in [0.25, 0.3) is 74.2 Å². The summed E-state index contributed by atoms with van der Waals surface area (Å²) in [5.74, 6) is 3.18.